The molecule has 0 radical (unpaired) electrons. The van der Waals surface area contributed by atoms with Crippen LogP contribution in [-0.4, -0.2) is 46.7 Å². The Labute approximate surface area is 122 Å². The Kier molecular flexibility index (Phi) is 5.54. The standard InChI is InChI=1S/C11H16BrNO4S2/c1-13(7-8-18(2,14)15)19(16,17)11-5-3-10(9-12)4-6-11/h3-6H,7-9H2,1-2H3. The lowest BCUT2D eigenvalue weighted by molar-refractivity contribution is 0.485. The molecule has 1 aromatic rings. The Morgan fingerprint density at radius 1 is 1.11 bits per heavy atom. The summed E-state index contributed by atoms with van der Waals surface area (Å²) in [5.74, 6) is -0.192. The number of hydrogen-bond donors (Lipinski definition) is 0. The van der Waals surface area contributed by atoms with Crippen molar-refractivity contribution in [2.24, 2.45) is 0 Å². The lowest BCUT2D eigenvalue weighted by Crippen LogP contribution is -2.31. The van der Waals surface area contributed by atoms with Crippen LogP contribution in [0, 0.1) is 0 Å². The maximum atomic E-state index is 12.2. The van der Waals surface area contributed by atoms with Crippen LogP contribution in [0.1, 0.15) is 5.56 Å². The number of rotatable bonds is 6. The number of halogens is 1. The molecule has 0 atom stereocenters. The summed E-state index contributed by atoms with van der Waals surface area (Å²) in [7, 11) is -5.44. The van der Waals surface area contributed by atoms with Gasteiger partial charge < -0.3 is 0 Å². The first kappa shape index (κ1) is 16.6. The highest BCUT2D eigenvalue weighted by molar-refractivity contribution is 9.08. The van der Waals surface area contributed by atoms with Crippen LogP contribution < -0.4 is 0 Å². The largest absolute Gasteiger partial charge is 0.242 e. The van der Waals surface area contributed by atoms with Crippen molar-refractivity contribution in [1.82, 2.24) is 4.31 Å². The van der Waals surface area contributed by atoms with Gasteiger partial charge in [-0.15, -0.1) is 0 Å². The number of benzene rings is 1. The molecule has 0 bridgehead atoms. The SMILES string of the molecule is CN(CCS(C)(=O)=O)S(=O)(=O)c1ccc(CBr)cc1. The number of alkyl halides is 1. The van der Waals surface area contributed by atoms with E-state index in [1.54, 1.807) is 12.1 Å². The summed E-state index contributed by atoms with van der Waals surface area (Å²) in [5.41, 5.74) is 0.970. The maximum absolute atomic E-state index is 12.2. The van der Waals surface area contributed by atoms with Crippen molar-refractivity contribution in [2.75, 3.05) is 25.6 Å². The third-order valence-corrected chi connectivity index (χ3v) is 6.01. The summed E-state index contributed by atoms with van der Waals surface area (Å²) in [6, 6.07) is 6.46. The molecular weight excluding hydrogens is 354 g/mol. The van der Waals surface area contributed by atoms with E-state index in [9.17, 15) is 16.8 Å². The van der Waals surface area contributed by atoms with Crippen LogP contribution >= 0.6 is 15.9 Å². The van der Waals surface area contributed by atoms with E-state index in [1.165, 1.54) is 19.2 Å². The van der Waals surface area contributed by atoms with Crippen LogP contribution in [0.3, 0.4) is 0 Å². The number of nitrogens with zero attached hydrogens (tertiary/aromatic N) is 1. The molecule has 108 valence electrons. The first-order valence-corrected chi connectivity index (χ1v) is 10.1. The van der Waals surface area contributed by atoms with E-state index < -0.39 is 19.9 Å². The molecule has 0 unspecified atom stereocenters. The van der Waals surface area contributed by atoms with Gasteiger partial charge in [0.15, 0.2) is 0 Å². The van der Waals surface area contributed by atoms with Gasteiger partial charge in [-0.25, -0.2) is 16.8 Å². The zero-order valence-corrected chi connectivity index (χ0v) is 13.9. The summed E-state index contributed by atoms with van der Waals surface area (Å²) >= 11 is 3.28. The predicted molar refractivity (Wildman–Crippen MR) is 78.6 cm³/mol. The van der Waals surface area contributed by atoms with Crippen molar-refractivity contribution < 1.29 is 16.8 Å². The second-order valence-electron chi connectivity index (χ2n) is 4.23. The number of sulfone groups is 1. The monoisotopic (exact) mass is 369 g/mol. The average molecular weight is 370 g/mol. The van der Waals surface area contributed by atoms with Gasteiger partial charge in [0.1, 0.15) is 9.84 Å². The van der Waals surface area contributed by atoms with E-state index in [1.807, 2.05) is 0 Å². The molecule has 0 saturated carbocycles. The molecule has 1 rings (SSSR count). The van der Waals surface area contributed by atoms with Gasteiger partial charge >= 0.3 is 0 Å². The highest BCUT2D eigenvalue weighted by Gasteiger charge is 2.21. The Balaban J connectivity index is 2.90. The average Bonchev–Trinajstić information content (AvgIpc) is 2.35. The van der Waals surface area contributed by atoms with Crippen LogP contribution in [0.15, 0.2) is 29.2 Å². The minimum absolute atomic E-state index is 0.0542. The molecule has 0 fully saturated rings. The predicted octanol–water partition coefficient (Wildman–Crippen LogP) is 1.25. The van der Waals surface area contributed by atoms with Gasteiger partial charge in [0.05, 0.1) is 10.6 Å². The van der Waals surface area contributed by atoms with Crippen molar-refractivity contribution in [3.63, 3.8) is 0 Å². The van der Waals surface area contributed by atoms with Crippen LogP contribution in [0.4, 0.5) is 0 Å². The van der Waals surface area contributed by atoms with E-state index in [4.69, 9.17) is 0 Å². The fourth-order valence-corrected chi connectivity index (χ4v) is 3.61. The quantitative estimate of drug-likeness (QED) is 0.707. The molecule has 0 aliphatic heterocycles. The van der Waals surface area contributed by atoms with E-state index >= 15 is 0 Å². The minimum atomic E-state index is -3.63. The van der Waals surface area contributed by atoms with Crippen LogP contribution in [0.5, 0.6) is 0 Å². The van der Waals surface area contributed by atoms with Crippen molar-refractivity contribution >= 4 is 35.8 Å². The molecule has 0 aliphatic rings. The molecule has 1 aromatic carbocycles. The van der Waals surface area contributed by atoms with E-state index in [0.717, 1.165) is 16.1 Å². The summed E-state index contributed by atoms with van der Waals surface area (Å²) < 4.78 is 47.5. The van der Waals surface area contributed by atoms with Crippen LogP contribution in [0.2, 0.25) is 0 Å². The molecule has 0 heterocycles. The zero-order chi connectivity index (χ0) is 14.7. The molecular formula is C11H16BrNO4S2. The first-order chi connectivity index (χ1) is 8.66. The van der Waals surface area contributed by atoms with Gasteiger partial charge in [-0.3, -0.25) is 0 Å². The van der Waals surface area contributed by atoms with Crippen molar-refractivity contribution in [3.8, 4) is 0 Å². The van der Waals surface area contributed by atoms with Crippen molar-refractivity contribution in [2.45, 2.75) is 10.2 Å². The van der Waals surface area contributed by atoms with Gasteiger partial charge in [0, 0.05) is 25.2 Å². The Morgan fingerprint density at radius 2 is 1.63 bits per heavy atom. The molecule has 0 aromatic heterocycles. The molecule has 8 heteroatoms. The van der Waals surface area contributed by atoms with E-state index in [0.29, 0.717) is 5.33 Å². The lowest BCUT2D eigenvalue weighted by atomic mass is 10.2. The zero-order valence-electron chi connectivity index (χ0n) is 10.7. The molecule has 5 nitrogen and oxygen atoms in total. The fourth-order valence-electron chi connectivity index (χ4n) is 1.35. The van der Waals surface area contributed by atoms with Crippen LogP contribution in [-0.2, 0) is 25.2 Å². The highest BCUT2D eigenvalue weighted by Crippen LogP contribution is 2.16. The third kappa shape index (κ3) is 4.87. The van der Waals surface area contributed by atoms with Gasteiger partial charge in [0.25, 0.3) is 0 Å². The molecule has 0 aliphatic carbocycles. The summed E-state index contributed by atoms with van der Waals surface area (Å²) in [6.45, 7) is -0.0542. The van der Waals surface area contributed by atoms with Gasteiger partial charge in [-0.1, -0.05) is 28.1 Å². The maximum Gasteiger partial charge on any atom is 0.242 e. The second-order valence-corrected chi connectivity index (χ2v) is 9.10. The van der Waals surface area contributed by atoms with Crippen LogP contribution in [0.25, 0.3) is 0 Å². The Morgan fingerprint density at radius 3 is 2.05 bits per heavy atom. The summed E-state index contributed by atoms with van der Waals surface area (Å²) in [5, 5.41) is 0.650. The van der Waals surface area contributed by atoms with Crippen molar-refractivity contribution in [1.29, 1.82) is 0 Å². The minimum Gasteiger partial charge on any atom is -0.229 e. The summed E-state index contributed by atoms with van der Waals surface area (Å²) in [6.07, 6.45) is 1.08. The molecule has 0 saturated heterocycles. The smallest absolute Gasteiger partial charge is 0.229 e. The topological polar surface area (TPSA) is 71.5 Å². The Hall–Kier alpha value is -0.440. The molecule has 19 heavy (non-hydrogen) atoms. The second kappa shape index (κ2) is 6.34. The number of sulfonamides is 1. The summed E-state index contributed by atoms with van der Waals surface area (Å²) in [4.78, 5) is 0.160. The van der Waals surface area contributed by atoms with E-state index in [2.05, 4.69) is 15.9 Å². The van der Waals surface area contributed by atoms with Gasteiger partial charge in [0.2, 0.25) is 10.0 Å². The first-order valence-electron chi connectivity index (χ1n) is 5.46. The fraction of sp³-hybridized carbons (Fsp3) is 0.455. The Bertz CT molecular complexity index is 623. The highest BCUT2D eigenvalue weighted by atomic mass is 79.9. The van der Waals surface area contributed by atoms with Gasteiger partial charge in [-0.05, 0) is 17.7 Å². The van der Waals surface area contributed by atoms with E-state index in [-0.39, 0.29) is 17.2 Å². The number of hydrogen-bond acceptors (Lipinski definition) is 4. The van der Waals surface area contributed by atoms with Gasteiger partial charge in [-0.2, -0.15) is 4.31 Å². The molecule has 0 amide bonds. The third-order valence-electron chi connectivity index (χ3n) is 2.56. The lowest BCUT2D eigenvalue weighted by Gasteiger charge is -2.16. The van der Waals surface area contributed by atoms with Crippen molar-refractivity contribution in [3.05, 3.63) is 29.8 Å². The molecule has 0 N–H and O–H groups in total. The normalized spacial score (nSPS) is 12.8. The molecule has 0 spiro atoms.